The van der Waals surface area contributed by atoms with Crippen LogP contribution in [-0.4, -0.2) is 46.2 Å². The number of hydrogen-bond acceptors (Lipinski definition) is 2. The van der Waals surface area contributed by atoms with Crippen molar-refractivity contribution < 1.29 is 22.8 Å². The topological polar surface area (TPSA) is 56.4 Å². The van der Waals surface area contributed by atoms with Crippen molar-refractivity contribution in [2.75, 3.05) is 19.6 Å². The number of carbonyl (C=O) groups excluding carboxylic acids is 2. The second-order valence-corrected chi connectivity index (χ2v) is 11.1. The van der Waals surface area contributed by atoms with Crippen LogP contribution in [0.2, 0.25) is 10.0 Å². The monoisotopic (exact) mass is 603 g/mol. The summed E-state index contributed by atoms with van der Waals surface area (Å²) < 4.78 is 39.1. The van der Waals surface area contributed by atoms with Gasteiger partial charge < -0.3 is 14.8 Å². The van der Waals surface area contributed by atoms with Crippen molar-refractivity contribution in [3.8, 4) is 0 Å². The van der Waals surface area contributed by atoms with Crippen LogP contribution in [-0.2, 0) is 23.9 Å². The van der Waals surface area contributed by atoms with Gasteiger partial charge in [0.15, 0.2) is 0 Å². The number of aromatic amines is 1. The molecule has 4 aromatic rings. The van der Waals surface area contributed by atoms with E-state index in [0.717, 1.165) is 46.3 Å². The fourth-order valence-corrected chi connectivity index (χ4v) is 4.97. The third kappa shape index (κ3) is 7.83. The molecule has 0 atom stereocenters. The zero-order chi connectivity index (χ0) is 29.7. The first-order valence-electron chi connectivity index (χ1n) is 13.2. The maximum Gasteiger partial charge on any atom is 0.416 e. The molecule has 0 bridgehead atoms. The molecular formula is C31H30Cl2F3N3O2. The van der Waals surface area contributed by atoms with Gasteiger partial charge in [-0.2, -0.15) is 13.2 Å². The summed E-state index contributed by atoms with van der Waals surface area (Å²) in [5.41, 5.74) is 2.06. The van der Waals surface area contributed by atoms with Gasteiger partial charge in [-0.3, -0.25) is 9.59 Å². The van der Waals surface area contributed by atoms with Gasteiger partial charge in [-0.25, -0.2) is 0 Å². The molecule has 0 aliphatic carbocycles. The normalized spacial score (nSPS) is 11.7. The average Bonchev–Trinajstić information content (AvgIpc) is 3.34. The summed E-state index contributed by atoms with van der Waals surface area (Å²) in [5, 5.41) is 1.83. The first-order valence-corrected chi connectivity index (χ1v) is 13.9. The number of para-hydroxylation sites is 1. The Kier molecular flexibility index (Phi) is 9.66. The summed E-state index contributed by atoms with van der Waals surface area (Å²) in [5.74, 6) is -0.778. The molecule has 0 unspecified atom stereocenters. The molecule has 5 nitrogen and oxygen atoms in total. The van der Waals surface area contributed by atoms with Crippen molar-refractivity contribution in [1.29, 1.82) is 0 Å². The van der Waals surface area contributed by atoms with E-state index >= 15 is 0 Å². The molecule has 0 saturated heterocycles. The molecule has 2 amide bonds. The molecule has 4 rings (SSSR count). The molecular weight excluding hydrogens is 574 g/mol. The molecule has 0 aliphatic rings. The average molecular weight is 605 g/mol. The van der Waals surface area contributed by atoms with Crippen molar-refractivity contribution in [2.45, 2.75) is 33.0 Å². The Hall–Kier alpha value is -3.49. The highest BCUT2D eigenvalue weighted by Crippen LogP contribution is 2.29. The minimum Gasteiger partial charge on any atom is -0.361 e. The van der Waals surface area contributed by atoms with Gasteiger partial charge in [-0.15, -0.1) is 0 Å². The molecule has 0 saturated carbocycles. The molecule has 0 radical (unpaired) electrons. The van der Waals surface area contributed by atoms with Crippen LogP contribution in [0.1, 0.15) is 40.9 Å². The second-order valence-electron chi connectivity index (χ2n) is 10.3. The first kappa shape index (κ1) is 30.5. The van der Waals surface area contributed by atoms with E-state index in [4.69, 9.17) is 23.2 Å². The molecule has 10 heteroatoms. The van der Waals surface area contributed by atoms with Crippen LogP contribution < -0.4 is 0 Å². The van der Waals surface area contributed by atoms with Crippen molar-refractivity contribution >= 4 is 45.9 Å². The van der Waals surface area contributed by atoms with Gasteiger partial charge in [0.05, 0.1) is 15.6 Å². The quantitative estimate of drug-likeness (QED) is 0.200. The van der Waals surface area contributed by atoms with Crippen molar-refractivity contribution in [3.63, 3.8) is 0 Å². The number of carbonyl (C=O) groups is 2. The third-order valence-electron chi connectivity index (χ3n) is 6.69. The third-order valence-corrected chi connectivity index (χ3v) is 7.43. The number of halogens is 5. The summed E-state index contributed by atoms with van der Waals surface area (Å²) in [6.07, 6.45) is -2.02. The molecule has 216 valence electrons. The number of nitrogens with zero attached hydrogens (tertiary/aromatic N) is 2. The molecule has 1 aromatic heterocycles. The van der Waals surface area contributed by atoms with Gasteiger partial charge in [0.1, 0.15) is 6.54 Å². The van der Waals surface area contributed by atoms with E-state index in [1.807, 2.05) is 44.3 Å². The molecule has 0 aliphatic heterocycles. The summed E-state index contributed by atoms with van der Waals surface area (Å²) >= 11 is 12.3. The number of rotatable bonds is 10. The standard InChI is InChI=1S/C31H30Cl2F3N3O2/c1-20(2)17-39(30(41)22-8-10-24(11-9-22)31(34,35)36)19-29(40)38(18-21-7-12-26(32)27(33)15-21)14-13-23-16-37-28-6-4-3-5-25(23)28/h3-12,15-16,20,37H,13-14,17-19H2,1-2H3. The fraction of sp³-hybridized carbons (Fsp3) is 0.290. The van der Waals surface area contributed by atoms with Crippen molar-refractivity contribution in [3.05, 3.63) is 105 Å². The number of nitrogens with one attached hydrogen (secondary N) is 1. The van der Waals surface area contributed by atoms with E-state index in [2.05, 4.69) is 4.98 Å². The summed E-state index contributed by atoms with van der Waals surface area (Å²) in [7, 11) is 0. The highest BCUT2D eigenvalue weighted by molar-refractivity contribution is 6.42. The van der Waals surface area contributed by atoms with Crippen molar-refractivity contribution in [1.82, 2.24) is 14.8 Å². The number of H-pyrrole nitrogens is 1. The minimum atomic E-state index is -4.51. The zero-order valence-electron chi connectivity index (χ0n) is 22.6. The van der Waals surface area contributed by atoms with Crippen LogP contribution in [0.4, 0.5) is 13.2 Å². The van der Waals surface area contributed by atoms with Crippen molar-refractivity contribution in [2.24, 2.45) is 5.92 Å². The molecule has 0 spiro atoms. The van der Waals surface area contributed by atoms with Crippen LogP contribution in [0, 0.1) is 5.92 Å². The Morgan fingerprint density at radius 2 is 1.63 bits per heavy atom. The maximum atomic E-state index is 13.8. The van der Waals surface area contributed by atoms with E-state index in [9.17, 15) is 22.8 Å². The Bertz CT molecular complexity index is 1520. The molecule has 1 N–H and O–H groups in total. The zero-order valence-corrected chi connectivity index (χ0v) is 24.2. The molecule has 41 heavy (non-hydrogen) atoms. The molecule has 1 heterocycles. The van der Waals surface area contributed by atoms with E-state index in [0.29, 0.717) is 23.0 Å². The molecule has 3 aromatic carbocycles. The number of alkyl halides is 3. The smallest absolute Gasteiger partial charge is 0.361 e. The van der Waals surface area contributed by atoms with Gasteiger partial charge >= 0.3 is 6.18 Å². The highest BCUT2D eigenvalue weighted by atomic mass is 35.5. The highest BCUT2D eigenvalue weighted by Gasteiger charge is 2.31. The van der Waals surface area contributed by atoms with Gasteiger partial charge in [0, 0.05) is 42.3 Å². The Labute approximate surface area is 246 Å². The van der Waals surface area contributed by atoms with Crippen LogP contribution in [0.5, 0.6) is 0 Å². The van der Waals surface area contributed by atoms with E-state index in [-0.39, 0.29) is 37.0 Å². The predicted molar refractivity (Wildman–Crippen MR) is 156 cm³/mol. The van der Waals surface area contributed by atoms with Gasteiger partial charge in [0.2, 0.25) is 5.91 Å². The first-order chi connectivity index (χ1) is 19.4. The number of aromatic nitrogens is 1. The lowest BCUT2D eigenvalue weighted by atomic mass is 10.1. The van der Waals surface area contributed by atoms with E-state index in [1.165, 1.54) is 4.90 Å². The lowest BCUT2D eigenvalue weighted by Gasteiger charge is -2.29. The van der Waals surface area contributed by atoms with Crippen LogP contribution in [0.3, 0.4) is 0 Å². The maximum absolute atomic E-state index is 13.8. The number of hydrogen-bond donors (Lipinski definition) is 1. The van der Waals surface area contributed by atoms with Gasteiger partial charge in [-0.05, 0) is 65.9 Å². The molecule has 0 fully saturated rings. The predicted octanol–water partition coefficient (Wildman–Crippen LogP) is 7.86. The summed E-state index contributed by atoms with van der Waals surface area (Å²) in [6.45, 7) is 4.44. The Balaban J connectivity index is 1.57. The number of amides is 2. The van der Waals surface area contributed by atoms with Crippen LogP contribution in [0.25, 0.3) is 10.9 Å². The Morgan fingerprint density at radius 1 is 0.927 bits per heavy atom. The largest absolute Gasteiger partial charge is 0.416 e. The lowest BCUT2D eigenvalue weighted by molar-refractivity contribution is -0.137. The Morgan fingerprint density at radius 3 is 2.29 bits per heavy atom. The van der Waals surface area contributed by atoms with Crippen LogP contribution in [0.15, 0.2) is 72.9 Å². The number of fused-ring (bicyclic) bond motifs is 1. The fourth-order valence-electron chi connectivity index (χ4n) is 4.65. The number of benzene rings is 3. The van der Waals surface area contributed by atoms with Gasteiger partial charge in [0.25, 0.3) is 5.91 Å². The summed E-state index contributed by atoms with van der Waals surface area (Å²) in [4.78, 5) is 33.4. The van der Waals surface area contributed by atoms with E-state index in [1.54, 1.807) is 23.1 Å². The SMILES string of the molecule is CC(C)CN(CC(=O)N(CCc1c[nH]c2ccccc12)Cc1ccc(Cl)c(Cl)c1)C(=O)c1ccc(C(F)(F)F)cc1. The van der Waals surface area contributed by atoms with Gasteiger partial charge in [-0.1, -0.05) is 61.3 Å². The minimum absolute atomic E-state index is 0.0240. The van der Waals surface area contributed by atoms with E-state index < -0.39 is 17.6 Å². The lowest BCUT2D eigenvalue weighted by Crippen LogP contribution is -2.44. The van der Waals surface area contributed by atoms with Crippen LogP contribution >= 0.6 is 23.2 Å². The second kappa shape index (κ2) is 13.0. The summed E-state index contributed by atoms with van der Waals surface area (Å²) in [6, 6.07) is 17.1.